The van der Waals surface area contributed by atoms with Gasteiger partial charge in [0.2, 0.25) is 5.24 Å². The number of rotatable bonds is 8. The molecule has 5 heteroatoms. The van der Waals surface area contributed by atoms with Crippen LogP contribution in [0.2, 0.25) is 0 Å². The zero-order chi connectivity index (χ0) is 11.7. The van der Waals surface area contributed by atoms with Gasteiger partial charge in [0.1, 0.15) is 0 Å². The van der Waals surface area contributed by atoms with E-state index in [-0.39, 0.29) is 17.3 Å². The molecule has 4 nitrogen and oxygen atoms in total. The number of carbonyl (C=O) groups excluding carboxylic acids is 2. The minimum atomic E-state index is -0.389. The molecule has 0 fully saturated rings. The maximum Gasteiger partial charge on any atom is 0.305 e. The predicted molar refractivity (Wildman–Crippen MR) is 58.8 cm³/mol. The fourth-order valence-corrected chi connectivity index (χ4v) is 1.10. The lowest BCUT2D eigenvalue weighted by Gasteiger charge is -2.08. The van der Waals surface area contributed by atoms with Gasteiger partial charge in [0.25, 0.3) is 0 Å². The van der Waals surface area contributed by atoms with Crippen LogP contribution in [0.4, 0.5) is 0 Å². The first-order valence-electron chi connectivity index (χ1n) is 5.16. The summed E-state index contributed by atoms with van der Waals surface area (Å²) in [4.78, 5) is 21.6. The number of esters is 1. The van der Waals surface area contributed by atoms with Crippen molar-refractivity contribution < 1.29 is 14.3 Å². The van der Waals surface area contributed by atoms with E-state index in [2.05, 4.69) is 5.32 Å². The third kappa shape index (κ3) is 8.39. The average molecular weight is 236 g/mol. The summed E-state index contributed by atoms with van der Waals surface area (Å²) < 4.78 is 4.77. The molecular formula is C10H18ClNO3. The summed E-state index contributed by atoms with van der Waals surface area (Å²) in [5, 5.41) is 2.57. The van der Waals surface area contributed by atoms with Gasteiger partial charge < -0.3 is 10.1 Å². The number of hydrogen-bond acceptors (Lipinski definition) is 4. The summed E-state index contributed by atoms with van der Waals surface area (Å²) in [6.45, 7) is 4.60. The molecule has 1 N–H and O–H groups in total. The van der Waals surface area contributed by atoms with Crippen LogP contribution < -0.4 is 5.32 Å². The fraction of sp³-hybridized carbons (Fsp3) is 0.800. The van der Waals surface area contributed by atoms with Gasteiger partial charge in [-0.15, -0.1) is 0 Å². The Kier molecular flexibility index (Phi) is 8.33. The van der Waals surface area contributed by atoms with Crippen LogP contribution in [0.5, 0.6) is 0 Å². The van der Waals surface area contributed by atoms with Crippen LogP contribution in [-0.4, -0.2) is 30.4 Å². The topological polar surface area (TPSA) is 55.4 Å². The van der Waals surface area contributed by atoms with Gasteiger partial charge in [-0.1, -0.05) is 0 Å². The third-order valence-corrected chi connectivity index (χ3v) is 2.23. The maximum absolute atomic E-state index is 10.9. The second-order valence-electron chi connectivity index (χ2n) is 3.24. The van der Waals surface area contributed by atoms with Crippen LogP contribution in [0, 0.1) is 0 Å². The molecule has 0 bridgehead atoms. The standard InChI is InChI=1S/C10H18ClNO3/c1-3-15-9(13)6-4-5-7-12-8(2)10(11)14/h8,12H,3-7H2,1-2H3/t8-/m0/s1. The molecule has 0 amide bonds. The van der Waals surface area contributed by atoms with Gasteiger partial charge in [0, 0.05) is 6.42 Å². The smallest absolute Gasteiger partial charge is 0.305 e. The second kappa shape index (κ2) is 8.68. The van der Waals surface area contributed by atoms with Crippen molar-refractivity contribution in [1.82, 2.24) is 5.32 Å². The van der Waals surface area contributed by atoms with Crippen LogP contribution in [0.1, 0.15) is 33.1 Å². The van der Waals surface area contributed by atoms with Crippen molar-refractivity contribution in [1.29, 1.82) is 0 Å². The van der Waals surface area contributed by atoms with Crippen molar-refractivity contribution in [3.63, 3.8) is 0 Å². The zero-order valence-electron chi connectivity index (χ0n) is 9.22. The molecule has 0 rings (SSSR count). The van der Waals surface area contributed by atoms with Gasteiger partial charge in [-0.25, -0.2) is 0 Å². The van der Waals surface area contributed by atoms with Gasteiger partial charge in [0.05, 0.1) is 12.6 Å². The Balaban J connectivity index is 3.32. The maximum atomic E-state index is 10.9. The largest absolute Gasteiger partial charge is 0.466 e. The molecule has 15 heavy (non-hydrogen) atoms. The normalized spacial score (nSPS) is 12.2. The molecule has 0 aromatic rings. The molecule has 0 saturated heterocycles. The number of ether oxygens (including phenoxy) is 1. The van der Waals surface area contributed by atoms with Crippen molar-refractivity contribution >= 4 is 22.8 Å². The van der Waals surface area contributed by atoms with Gasteiger partial charge >= 0.3 is 5.97 Å². The monoisotopic (exact) mass is 235 g/mol. The highest BCUT2D eigenvalue weighted by molar-refractivity contribution is 6.64. The minimum absolute atomic E-state index is 0.168. The molecule has 0 aliphatic rings. The van der Waals surface area contributed by atoms with E-state index in [1.165, 1.54) is 0 Å². The van der Waals surface area contributed by atoms with E-state index in [0.717, 1.165) is 12.8 Å². The molecule has 0 aromatic heterocycles. The average Bonchev–Trinajstić information content (AvgIpc) is 2.17. The molecule has 0 aromatic carbocycles. The molecule has 0 spiro atoms. The Hall–Kier alpha value is -0.610. The lowest BCUT2D eigenvalue weighted by molar-refractivity contribution is -0.143. The quantitative estimate of drug-likeness (QED) is 0.393. The number of hydrogen-bond donors (Lipinski definition) is 1. The van der Waals surface area contributed by atoms with Crippen molar-refractivity contribution in [2.24, 2.45) is 0 Å². The lowest BCUT2D eigenvalue weighted by Crippen LogP contribution is -2.31. The van der Waals surface area contributed by atoms with Crippen LogP contribution in [0.3, 0.4) is 0 Å². The summed E-state index contributed by atoms with van der Waals surface area (Å²) >= 11 is 5.26. The van der Waals surface area contributed by atoms with Crippen LogP contribution in [0.25, 0.3) is 0 Å². The molecule has 0 saturated carbocycles. The first-order chi connectivity index (χ1) is 7.07. The summed E-state index contributed by atoms with van der Waals surface area (Å²) in [5.74, 6) is -0.168. The third-order valence-electron chi connectivity index (χ3n) is 1.90. The Morgan fingerprint density at radius 2 is 2.07 bits per heavy atom. The fourth-order valence-electron chi connectivity index (χ4n) is 1.03. The van der Waals surface area contributed by atoms with Crippen molar-refractivity contribution in [2.45, 2.75) is 39.2 Å². The van der Waals surface area contributed by atoms with Gasteiger partial charge in [-0.3, -0.25) is 9.59 Å². The van der Waals surface area contributed by atoms with Crippen LogP contribution in [0.15, 0.2) is 0 Å². The summed E-state index contributed by atoms with van der Waals surface area (Å²) in [6.07, 6.45) is 2.01. The Labute approximate surface area is 95.3 Å². The van der Waals surface area contributed by atoms with E-state index < -0.39 is 0 Å². The van der Waals surface area contributed by atoms with E-state index in [1.807, 2.05) is 0 Å². The highest BCUT2D eigenvalue weighted by Gasteiger charge is 2.07. The molecule has 0 radical (unpaired) electrons. The number of unbranched alkanes of at least 4 members (excludes halogenated alkanes) is 1. The Morgan fingerprint density at radius 1 is 1.40 bits per heavy atom. The van der Waals surface area contributed by atoms with E-state index in [1.54, 1.807) is 13.8 Å². The summed E-state index contributed by atoms with van der Waals surface area (Å²) in [7, 11) is 0. The molecule has 0 heterocycles. The molecule has 0 unspecified atom stereocenters. The SMILES string of the molecule is CCOC(=O)CCCCN[C@@H](C)C(=O)Cl. The van der Waals surface area contributed by atoms with Crippen LogP contribution in [-0.2, 0) is 14.3 Å². The first kappa shape index (κ1) is 14.4. The van der Waals surface area contributed by atoms with Gasteiger partial charge in [-0.05, 0) is 44.8 Å². The van der Waals surface area contributed by atoms with E-state index in [9.17, 15) is 9.59 Å². The number of halogens is 1. The second-order valence-corrected chi connectivity index (χ2v) is 3.61. The van der Waals surface area contributed by atoms with E-state index in [4.69, 9.17) is 16.3 Å². The van der Waals surface area contributed by atoms with E-state index in [0.29, 0.717) is 19.6 Å². The molecule has 88 valence electrons. The predicted octanol–water partition coefficient (Wildman–Crippen LogP) is 1.46. The Bertz CT molecular complexity index is 209. The highest BCUT2D eigenvalue weighted by atomic mass is 35.5. The molecular weight excluding hydrogens is 218 g/mol. The number of nitrogens with one attached hydrogen (secondary N) is 1. The van der Waals surface area contributed by atoms with Crippen LogP contribution >= 0.6 is 11.6 Å². The van der Waals surface area contributed by atoms with Gasteiger partial charge in [-0.2, -0.15) is 0 Å². The zero-order valence-corrected chi connectivity index (χ0v) is 9.97. The van der Waals surface area contributed by atoms with Crippen molar-refractivity contribution in [3.8, 4) is 0 Å². The van der Waals surface area contributed by atoms with E-state index >= 15 is 0 Å². The lowest BCUT2D eigenvalue weighted by atomic mass is 10.2. The summed E-state index contributed by atoms with van der Waals surface area (Å²) in [5.41, 5.74) is 0. The molecule has 0 aliphatic heterocycles. The van der Waals surface area contributed by atoms with Crippen molar-refractivity contribution in [2.75, 3.05) is 13.2 Å². The van der Waals surface area contributed by atoms with Crippen molar-refractivity contribution in [3.05, 3.63) is 0 Å². The molecule has 0 aliphatic carbocycles. The first-order valence-corrected chi connectivity index (χ1v) is 5.54. The highest BCUT2D eigenvalue weighted by Crippen LogP contribution is 1.98. The number of carbonyl (C=O) groups is 2. The minimum Gasteiger partial charge on any atom is -0.466 e. The molecule has 1 atom stereocenters. The Morgan fingerprint density at radius 3 is 2.60 bits per heavy atom. The van der Waals surface area contributed by atoms with Gasteiger partial charge in [0.15, 0.2) is 0 Å². The summed E-state index contributed by atoms with van der Waals surface area (Å²) in [6, 6.07) is -0.325.